The van der Waals surface area contributed by atoms with Crippen molar-refractivity contribution in [2.24, 2.45) is 11.8 Å². The summed E-state index contributed by atoms with van der Waals surface area (Å²) in [5.41, 5.74) is 0. The summed E-state index contributed by atoms with van der Waals surface area (Å²) < 4.78 is 0. The Bertz CT molecular complexity index is 200. The molecule has 1 aliphatic carbocycles. The molecule has 0 aliphatic heterocycles. The third kappa shape index (κ3) is 5.17. The highest BCUT2D eigenvalue weighted by molar-refractivity contribution is 5.78. The number of nitrogens with one attached hydrogen (secondary N) is 1. The molecule has 0 radical (unpaired) electrons. The van der Waals surface area contributed by atoms with E-state index in [1.165, 1.54) is 12.8 Å². The molecule has 0 aromatic rings. The number of hydrogen-bond donors (Lipinski definition) is 1. The molecule has 0 spiro atoms. The number of likely N-dealkylation sites (N-methyl/N-ethyl adjacent to an activating group) is 1. The summed E-state index contributed by atoms with van der Waals surface area (Å²) in [6, 6.07) is 0. The lowest BCUT2D eigenvalue weighted by Crippen LogP contribution is -2.40. The van der Waals surface area contributed by atoms with Crippen LogP contribution in [0.2, 0.25) is 0 Å². The minimum Gasteiger partial charge on any atom is -0.342 e. The van der Waals surface area contributed by atoms with Crippen molar-refractivity contribution in [2.75, 3.05) is 26.2 Å². The van der Waals surface area contributed by atoms with Crippen LogP contribution in [0, 0.1) is 11.8 Å². The summed E-state index contributed by atoms with van der Waals surface area (Å²) in [5, 5.41) is 3.24. The quantitative estimate of drug-likeness (QED) is 0.693. The van der Waals surface area contributed by atoms with Gasteiger partial charge in [-0.25, -0.2) is 0 Å². The lowest BCUT2D eigenvalue weighted by atomic mass is 10.2. The summed E-state index contributed by atoms with van der Waals surface area (Å²) in [7, 11) is 0. The van der Waals surface area contributed by atoms with Gasteiger partial charge in [-0.3, -0.25) is 4.79 Å². The highest BCUT2D eigenvalue weighted by Crippen LogP contribution is 2.27. The SMILES string of the molecule is CCN(CC(C)C)C(=O)CNCC1CC1. The van der Waals surface area contributed by atoms with Crippen LogP contribution in [0.4, 0.5) is 0 Å². The third-order valence-corrected chi connectivity index (χ3v) is 2.73. The van der Waals surface area contributed by atoms with Crippen LogP contribution in [0.5, 0.6) is 0 Å². The van der Waals surface area contributed by atoms with Crippen molar-refractivity contribution in [1.29, 1.82) is 0 Å². The van der Waals surface area contributed by atoms with E-state index < -0.39 is 0 Å². The normalized spacial score (nSPS) is 15.7. The topological polar surface area (TPSA) is 32.3 Å². The highest BCUT2D eigenvalue weighted by Gasteiger charge is 2.21. The molecule has 1 N–H and O–H groups in total. The van der Waals surface area contributed by atoms with Crippen LogP contribution in [-0.4, -0.2) is 37.0 Å². The standard InChI is InChI=1S/C12H24N2O/c1-4-14(9-10(2)3)12(15)8-13-7-11-5-6-11/h10-11,13H,4-9H2,1-3H3. The number of nitrogens with zero attached hydrogens (tertiary/aromatic N) is 1. The lowest BCUT2D eigenvalue weighted by molar-refractivity contribution is -0.130. The van der Waals surface area contributed by atoms with E-state index in [1.54, 1.807) is 0 Å². The van der Waals surface area contributed by atoms with Crippen LogP contribution >= 0.6 is 0 Å². The van der Waals surface area contributed by atoms with E-state index in [-0.39, 0.29) is 5.91 Å². The first-order chi connectivity index (χ1) is 7.13. The Hall–Kier alpha value is -0.570. The first kappa shape index (κ1) is 12.5. The average molecular weight is 212 g/mol. The molecular formula is C12H24N2O. The van der Waals surface area contributed by atoms with Crippen LogP contribution < -0.4 is 5.32 Å². The number of hydrogen-bond acceptors (Lipinski definition) is 2. The number of rotatable bonds is 7. The van der Waals surface area contributed by atoms with Crippen molar-refractivity contribution >= 4 is 5.91 Å². The Balaban J connectivity index is 2.15. The van der Waals surface area contributed by atoms with Crippen molar-refractivity contribution in [2.45, 2.75) is 33.6 Å². The molecule has 0 aromatic carbocycles. The molecule has 3 heteroatoms. The summed E-state index contributed by atoms with van der Waals surface area (Å²) in [6.45, 7) is 9.56. The summed E-state index contributed by atoms with van der Waals surface area (Å²) >= 11 is 0. The van der Waals surface area contributed by atoms with Crippen molar-refractivity contribution in [3.63, 3.8) is 0 Å². The van der Waals surface area contributed by atoms with Crippen molar-refractivity contribution in [3.05, 3.63) is 0 Å². The van der Waals surface area contributed by atoms with Crippen molar-refractivity contribution in [1.82, 2.24) is 10.2 Å². The van der Waals surface area contributed by atoms with Gasteiger partial charge in [0.25, 0.3) is 0 Å². The first-order valence-electron chi connectivity index (χ1n) is 6.12. The van der Waals surface area contributed by atoms with Gasteiger partial charge in [-0.15, -0.1) is 0 Å². The Morgan fingerprint density at radius 2 is 2.13 bits per heavy atom. The maximum absolute atomic E-state index is 11.8. The largest absolute Gasteiger partial charge is 0.342 e. The average Bonchev–Trinajstić information content (AvgIpc) is 2.97. The smallest absolute Gasteiger partial charge is 0.236 e. The predicted molar refractivity (Wildman–Crippen MR) is 62.7 cm³/mol. The van der Waals surface area contributed by atoms with Gasteiger partial charge in [-0.2, -0.15) is 0 Å². The second-order valence-electron chi connectivity index (χ2n) is 4.90. The van der Waals surface area contributed by atoms with Crippen LogP contribution in [-0.2, 0) is 4.79 Å². The minimum atomic E-state index is 0.242. The van der Waals surface area contributed by atoms with Gasteiger partial charge in [0.2, 0.25) is 5.91 Å². The summed E-state index contributed by atoms with van der Waals surface area (Å²) in [6.07, 6.45) is 2.68. The second-order valence-corrected chi connectivity index (χ2v) is 4.90. The number of carbonyl (C=O) groups is 1. The molecule has 1 saturated carbocycles. The van der Waals surface area contributed by atoms with Gasteiger partial charge in [0, 0.05) is 13.1 Å². The van der Waals surface area contributed by atoms with E-state index in [9.17, 15) is 4.79 Å². The fourth-order valence-electron chi connectivity index (χ4n) is 1.67. The highest BCUT2D eigenvalue weighted by atomic mass is 16.2. The Labute approximate surface area is 93.2 Å². The summed E-state index contributed by atoms with van der Waals surface area (Å²) in [4.78, 5) is 13.7. The molecule has 1 amide bonds. The van der Waals surface area contributed by atoms with E-state index >= 15 is 0 Å². The van der Waals surface area contributed by atoms with Crippen LogP contribution in [0.25, 0.3) is 0 Å². The van der Waals surface area contributed by atoms with Crippen molar-refractivity contribution < 1.29 is 4.79 Å². The van der Waals surface area contributed by atoms with E-state index in [2.05, 4.69) is 19.2 Å². The molecule has 15 heavy (non-hydrogen) atoms. The van der Waals surface area contributed by atoms with Crippen molar-refractivity contribution in [3.8, 4) is 0 Å². The monoisotopic (exact) mass is 212 g/mol. The van der Waals surface area contributed by atoms with Gasteiger partial charge in [0.1, 0.15) is 0 Å². The van der Waals surface area contributed by atoms with Gasteiger partial charge in [-0.1, -0.05) is 13.8 Å². The number of amides is 1. The maximum atomic E-state index is 11.8. The Morgan fingerprint density at radius 1 is 1.47 bits per heavy atom. The molecule has 0 atom stereocenters. The van der Waals surface area contributed by atoms with Crippen LogP contribution in [0.1, 0.15) is 33.6 Å². The zero-order valence-electron chi connectivity index (χ0n) is 10.3. The maximum Gasteiger partial charge on any atom is 0.236 e. The first-order valence-corrected chi connectivity index (χ1v) is 6.12. The molecule has 88 valence electrons. The van der Waals surface area contributed by atoms with E-state index in [0.29, 0.717) is 12.5 Å². The molecule has 0 bridgehead atoms. The molecule has 1 fully saturated rings. The van der Waals surface area contributed by atoms with E-state index in [0.717, 1.165) is 25.6 Å². The lowest BCUT2D eigenvalue weighted by Gasteiger charge is -2.23. The fourth-order valence-corrected chi connectivity index (χ4v) is 1.67. The van der Waals surface area contributed by atoms with Gasteiger partial charge >= 0.3 is 0 Å². The van der Waals surface area contributed by atoms with Crippen LogP contribution in [0.15, 0.2) is 0 Å². The Kier molecular flexibility index (Phi) is 5.09. The zero-order valence-corrected chi connectivity index (χ0v) is 10.3. The fraction of sp³-hybridized carbons (Fsp3) is 0.917. The molecule has 1 aliphatic rings. The third-order valence-electron chi connectivity index (χ3n) is 2.73. The van der Waals surface area contributed by atoms with E-state index in [1.807, 2.05) is 11.8 Å². The minimum absolute atomic E-state index is 0.242. The molecule has 1 rings (SSSR count). The van der Waals surface area contributed by atoms with Gasteiger partial charge in [-0.05, 0) is 38.1 Å². The number of carbonyl (C=O) groups excluding carboxylic acids is 1. The summed E-state index contributed by atoms with van der Waals surface area (Å²) in [5.74, 6) is 1.64. The second kappa shape index (κ2) is 6.11. The Morgan fingerprint density at radius 3 is 2.60 bits per heavy atom. The van der Waals surface area contributed by atoms with Gasteiger partial charge in [0.05, 0.1) is 6.54 Å². The molecule has 0 unspecified atom stereocenters. The molecule has 0 saturated heterocycles. The zero-order chi connectivity index (χ0) is 11.3. The van der Waals surface area contributed by atoms with E-state index in [4.69, 9.17) is 0 Å². The predicted octanol–water partition coefficient (Wildman–Crippen LogP) is 1.49. The van der Waals surface area contributed by atoms with Gasteiger partial charge in [0.15, 0.2) is 0 Å². The van der Waals surface area contributed by atoms with Gasteiger partial charge < -0.3 is 10.2 Å². The molecule has 3 nitrogen and oxygen atoms in total. The molecular weight excluding hydrogens is 188 g/mol. The molecule has 0 heterocycles. The van der Waals surface area contributed by atoms with Crippen LogP contribution in [0.3, 0.4) is 0 Å². The molecule has 0 aromatic heterocycles.